The molecular weight excluding hydrogens is 431 g/mol. The van der Waals surface area contributed by atoms with Crippen LogP contribution in [0.15, 0.2) is 42.5 Å². The van der Waals surface area contributed by atoms with E-state index in [-0.39, 0.29) is 24.8 Å². The topological polar surface area (TPSA) is 49.4 Å². The number of benzene rings is 2. The summed E-state index contributed by atoms with van der Waals surface area (Å²) >= 11 is 18.5. The molecule has 0 radical (unpaired) electrons. The lowest BCUT2D eigenvalue weighted by Crippen LogP contribution is -2.48. The second-order valence-electron chi connectivity index (χ2n) is 6.85. The number of rotatable bonds is 9. The van der Waals surface area contributed by atoms with Crippen LogP contribution < -0.4 is 5.32 Å². The van der Waals surface area contributed by atoms with Crippen molar-refractivity contribution in [3.05, 3.63) is 68.7 Å². The SMILES string of the molecule is CCCCNC(=O)C(C)N(Cc1c(Cl)cccc1Cl)C(=O)Cc1ccc(Cl)cc1. The van der Waals surface area contributed by atoms with E-state index in [0.717, 1.165) is 18.4 Å². The Kier molecular flexibility index (Phi) is 9.28. The van der Waals surface area contributed by atoms with Gasteiger partial charge >= 0.3 is 0 Å². The number of carbonyl (C=O) groups excluding carboxylic acids is 2. The Morgan fingerprint density at radius 1 is 1.03 bits per heavy atom. The molecule has 0 spiro atoms. The van der Waals surface area contributed by atoms with Crippen molar-refractivity contribution in [1.29, 1.82) is 0 Å². The highest BCUT2D eigenvalue weighted by Gasteiger charge is 2.27. The van der Waals surface area contributed by atoms with E-state index in [1.807, 2.05) is 0 Å². The molecule has 0 aliphatic carbocycles. The number of halogens is 3. The van der Waals surface area contributed by atoms with Crippen LogP contribution in [0.5, 0.6) is 0 Å². The number of amides is 2. The van der Waals surface area contributed by atoms with Crippen molar-refractivity contribution >= 4 is 46.6 Å². The number of hydrogen-bond acceptors (Lipinski definition) is 2. The maximum atomic E-state index is 13.1. The monoisotopic (exact) mass is 454 g/mol. The van der Waals surface area contributed by atoms with Gasteiger partial charge in [0.05, 0.1) is 6.42 Å². The molecule has 0 aliphatic heterocycles. The van der Waals surface area contributed by atoms with Crippen molar-refractivity contribution in [3.8, 4) is 0 Å². The van der Waals surface area contributed by atoms with Gasteiger partial charge in [-0.05, 0) is 43.2 Å². The molecule has 0 saturated carbocycles. The van der Waals surface area contributed by atoms with Crippen molar-refractivity contribution in [2.75, 3.05) is 6.54 Å². The summed E-state index contributed by atoms with van der Waals surface area (Å²) < 4.78 is 0. The van der Waals surface area contributed by atoms with Crippen LogP contribution in [0.3, 0.4) is 0 Å². The highest BCUT2D eigenvalue weighted by atomic mass is 35.5. The summed E-state index contributed by atoms with van der Waals surface area (Å²) in [7, 11) is 0. The maximum Gasteiger partial charge on any atom is 0.242 e. The summed E-state index contributed by atoms with van der Waals surface area (Å²) in [6.07, 6.45) is 2.00. The van der Waals surface area contributed by atoms with Crippen molar-refractivity contribution in [3.63, 3.8) is 0 Å². The van der Waals surface area contributed by atoms with Crippen LogP contribution in [0.1, 0.15) is 37.8 Å². The molecule has 0 fully saturated rings. The second kappa shape index (κ2) is 11.4. The van der Waals surface area contributed by atoms with Gasteiger partial charge in [0.1, 0.15) is 6.04 Å². The molecule has 2 amide bonds. The van der Waals surface area contributed by atoms with Crippen molar-refractivity contribution < 1.29 is 9.59 Å². The van der Waals surface area contributed by atoms with Crippen LogP contribution in [-0.2, 0) is 22.6 Å². The lowest BCUT2D eigenvalue weighted by Gasteiger charge is -2.29. The number of unbranched alkanes of at least 4 members (excludes halogenated alkanes) is 1. The summed E-state index contributed by atoms with van der Waals surface area (Å²) in [5.41, 5.74) is 1.43. The number of nitrogens with one attached hydrogen (secondary N) is 1. The largest absolute Gasteiger partial charge is 0.354 e. The highest BCUT2D eigenvalue weighted by Crippen LogP contribution is 2.27. The van der Waals surface area contributed by atoms with E-state index >= 15 is 0 Å². The fourth-order valence-electron chi connectivity index (χ4n) is 2.85. The average Bonchev–Trinajstić information content (AvgIpc) is 2.69. The third kappa shape index (κ3) is 6.91. The zero-order chi connectivity index (χ0) is 21.4. The Morgan fingerprint density at radius 3 is 2.24 bits per heavy atom. The number of carbonyl (C=O) groups is 2. The first kappa shape index (κ1) is 23.5. The quantitative estimate of drug-likeness (QED) is 0.506. The Balaban J connectivity index is 2.24. The molecule has 2 rings (SSSR count). The van der Waals surface area contributed by atoms with E-state index < -0.39 is 6.04 Å². The van der Waals surface area contributed by atoms with Gasteiger partial charge in [0.2, 0.25) is 11.8 Å². The van der Waals surface area contributed by atoms with Gasteiger partial charge in [-0.15, -0.1) is 0 Å². The van der Waals surface area contributed by atoms with Crippen LogP contribution in [0.4, 0.5) is 0 Å². The molecule has 0 aromatic heterocycles. The van der Waals surface area contributed by atoms with E-state index in [1.54, 1.807) is 49.4 Å². The summed E-state index contributed by atoms with van der Waals surface area (Å²) in [4.78, 5) is 27.3. The molecule has 0 bridgehead atoms. The molecule has 2 aromatic rings. The van der Waals surface area contributed by atoms with Gasteiger partial charge < -0.3 is 10.2 Å². The Bertz CT molecular complexity index is 820. The first-order valence-corrected chi connectivity index (χ1v) is 10.7. The van der Waals surface area contributed by atoms with Crippen LogP contribution in [0, 0.1) is 0 Å². The van der Waals surface area contributed by atoms with Gasteiger partial charge in [0.15, 0.2) is 0 Å². The summed E-state index contributed by atoms with van der Waals surface area (Å²) in [6.45, 7) is 4.49. The molecular formula is C22H25Cl3N2O2. The molecule has 1 N–H and O–H groups in total. The average molecular weight is 456 g/mol. The Labute approximate surface area is 187 Å². The van der Waals surface area contributed by atoms with Gasteiger partial charge in [0.25, 0.3) is 0 Å². The summed E-state index contributed by atoms with van der Waals surface area (Å²) in [5, 5.41) is 4.41. The van der Waals surface area contributed by atoms with Crippen LogP contribution in [0.25, 0.3) is 0 Å². The molecule has 1 unspecified atom stereocenters. The smallest absolute Gasteiger partial charge is 0.242 e. The third-order valence-electron chi connectivity index (χ3n) is 4.66. The number of hydrogen-bond donors (Lipinski definition) is 1. The minimum Gasteiger partial charge on any atom is -0.354 e. The van der Waals surface area contributed by atoms with Crippen LogP contribution >= 0.6 is 34.8 Å². The van der Waals surface area contributed by atoms with Crippen LogP contribution in [0.2, 0.25) is 15.1 Å². The Morgan fingerprint density at radius 2 is 1.66 bits per heavy atom. The normalized spacial score (nSPS) is 11.8. The standard InChI is InChI=1S/C22H25Cl3N2O2/c1-3-4-12-26-22(29)15(2)27(14-18-19(24)6-5-7-20(18)25)21(28)13-16-8-10-17(23)11-9-16/h5-11,15H,3-4,12-14H2,1-2H3,(H,26,29). The molecule has 29 heavy (non-hydrogen) atoms. The Hall–Kier alpha value is -1.75. The molecule has 0 saturated heterocycles. The molecule has 7 heteroatoms. The fourth-order valence-corrected chi connectivity index (χ4v) is 3.49. The molecule has 156 valence electrons. The van der Waals surface area contributed by atoms with E-state index in [9.17, 15) is 9.59 Å². The maximum absolute atomic E-state index is 13.1. The fraction of sp³-hybridized carbons (Fsp3) is 0.364. The van der Waals surface area contributed by atoms with Crippen LogP contribution in [-0.4, -0.2) is 29.3 Å². The number of nitrogens with zero attached hydrogens (tertiary/aromatic N) is 1. The van der Waals surface area contributed by atoms with Gasteiger partial charge in [-0.25, -0.2) is 0 Å². The zero-order valence-electron chi connectivity index (χ0n) is 16.6. The predicted octanol–water partition coefficient (Wildman–Crippen LogP) is 5.52. The highest BCUT2D eigenvalue weighted by molar-refractivity contribution is 6.36. The lowest BCUT2D eigenvalue weighted by atomic mass is 10.1. The summed E-state index contributed by atoms with van der Waals surface area (Å²) in [6, 6.07) is 11.6. The molecule has 0 aliphatic rings. The second-order valence-corrected chi connectivity index (χ2v) is 8.10. The van der Waals surface area contributed by atoms with E-state index in [0.29, 0.717) is 27.2 Å². The van der Waals surface area contributed by atoms with Gasteiger partial charge in [-0.3, -0.25) is 9.59 Å². The zero-order valence-corrected chi connectivity index (χ0v) is 18.8. The lowest BCUT2D eigenvalue weighted by molar-refractivity contribution is -0.140. The van der Waals surface area contributed by atoms with Crippen molar-refractivity contribution in [2.24, 2.45) is 0 Å². The predicted molar refractivity (Wildman–Crippen MR) is 120 cm³/mol. The molecule has 0 heterocycles. The van der Waals surface area contributed by atoms with Gasteiger partial charge in [0, 0.05) is 33.7 Å². The van der Waals surface area contributed by atoms with E-state index in [4.69, 9.17) is 34.8 Å². The van der Waals surface area contributed by atoms with Crippen molar-refractivity contribution in [1.82, 2.24) is 10.2 Å². The van der Waals surface area contributed by atoms with Crippen molar-refractivity contribution in [2.45, 2.75) is 45.7 Å². The minimum absolute atomic E-state index is 0.145. The molecule has 2 aromatic carbocycles. The van der Waals surface area contributed by atoms with Gasteiger partial charge in [-0.1, -0.05) is 66.3 Å². The third-order valence-corrected chi connectivity index (χ3v) is 5.62. The van der Waals surface area contributed by atoms with Gasteiger partial charge in [-0.2, -0.15) is 0 Å². The molecule has 1 atom stereocenters. The first-order valence-electron chi connectivity index (χ1n) is 9.58. The van der Waals surface area contributed by atoms with E-state index in [1.165, 1.54) is 4.90 Å². The molecule has 4 nitrogen and oxygen atoms in total. The van der Waals surface area contributed by atoms with E-state index in [2.05, 4.69) is 12.2 Å². The first-order chi connectivity index (χ1) is 13.8. The summed E-state index contributed by atoms with van der Waals surface area (Å²) in [5.74, 6) is -0.396. The minimum atomic E-state index is -0.668.